The molecule has 0 saturated carbocycles. The molecule has 2 aromatic rings. The van der Waals surface area contributed by atoms with E-state index in [0.29, 0.717) is 10.6 Å². The van der Waals surface area contributed by atoms with Crippen molar-refractivity contribution in [3.63, 3.8) is 0 Å². The van der Waals surface area contributed by atoms with E-state index >= 15 is 0 Å². The monoisotopic (exact) mass is 330 g/mol. The summed E-state index contributed by atoms with van der Waals surface area (Å²) in [6.07, 6.45) is 6.70. The van der Waals surface area contributed by atoms with Gasteiger partial charge in [0, 0.05) is 11.1 Å². The fourth-order valence-corrected chi connectivity index (χ4v) is 3.68. The maximum atomic E-state index is 12.2. The van der Waals surface area contributed by atoms with Crippen LogP contribution in [0.25, 0.3) is 0 Å². The summed E-state index contributed by atoms with van der Waals surface area (Å²) in [5.74, 6) is -0.800. The molecule has 0 spiro atoms. The van der Waals surface area contributed by atoms with Crippen molar-refractivity contribution < 1.29 is 14.3 Å². The van der Waals surface area contributed by atoms with E-state index in [-0.39, 0.29) is 5.91 Å². The molecule has 0 fully saturated rings. The van der Waals surface area contributed by atoms with Crippen LogP contribution in [0.15, 0.2) is 30.6 Å². The maximum absolute atomic E-state index is 12.2. The SMILES string of the molecule is CC(OC(=O)c1cc2c(s1)CCCC2)C(=O)Nc1cccnc1. The topological polar surface area (TPSA) is 68.3 Å². The fourth-order valence-electron chi connectivity index (χ4n) is 2.54. The number of carbonyl (C=O) groups excluding carboxylic acids is 2. The van der Waals surface area contributed by atoms with Gasteiger partial charge < -0.3 is 10.1 Å². The number of thiophene rings is 1. The number of esters is 1. The Hall–Kier alpha value is -2.21. The highest BCUT2D eigenvalue weighted by Crippen LogP contribution is 2.30. The Morgan fingerprint density at radius 3 is 2.91 bits per heavy atom. The van der Waals surface area contributed by atoms with Gasteiger partial charge in [-0.2, -0.15) is 0 Å². The lowest BCUT2D eigenvalue weighted by Gasteiger charge is -2.12. The molecule has 3 rings (SSSR count). The minimum Gasteiger partial charge on any atom is -0.448 e. The summed E-state index contributed by atoms with van der Waals surface area (Å²) in [6, 6.07) is 5.36. The molecule has 1 atom stereocenters. The van der Waals surface area contributed by atoms with E-state index in [0.717, 1.165) is 12.8 Å². The molecule has 23 heavy (non-hydrogen) atoms. The molecule has 0 bridgehead atoms. The van der Waals surface area contributed by atoms with Crippen LogP contribution in [0.2, 0.25) is 0 Å². The lowest BCUT2D eigenvalue weighted by atomic mass is 9.99. The zero-order valence-electron chi connectivity index (χ0n) is 12.9. The third-order valence-corrected chi connectivity index (χ3v) is 5.00. The second-order valence-corrected chi connectivity index (χ2v) is 6.68. The molecule has 0 saturated heterocycles. The predicted octanol–water partition coefficient (Wildman–Crippen LogP) is 3.21. The Bertz CT molecular complexity index is 688. The number of fused-ring (bicyclic) bond motifs is 1. The van der Waals surface area contributed by atoms with Crippen molar-refractivity contribution in [1.82, 2.24) is 4.98 Å². The van der Waals surface area contributed by atoms with E-state index in [1.54, 1.807) is 31.5 Å². The minimum atomic E-state index is -0.859. The van der Waals surface area contributed by atoms with Gasteiger partial charge in [0.25, 0.3) is 5.91 Å². The molecule has 1 aliphatic rings. The minimum absolute atomic E-state index is 0.368. The van der Waals surface area contributed by atoms with Crippen LogP contribution in [0.3, 0.4) is 0 Å². The molecule has 1 aliphatic carbocycles. The molecule has 0 aliphatic heterocycles. The fraction of sp³-hybridized carbons (Fsp3) is 0.353. The van der Waals surface area contributed by atoms with Gasteiger partial charge in [-0.1, -0.05) is 0 Å². The number of rotatable bonds is 4. The van der Waals surface area contributed by atoms with Crippen LogP contribution in [0, 0.1) is 0 Å². The summed E-state index contributed by atoms with van der Waals surface area (Å²) in [5.41, 5.74) is 1.83. The molecule has 1 unspecified atom stereocenters. The predicted molar refractivity (Wildman–Crippen MR) is 88.7 cm³/mol. The molecule has 120 valence electrons. The normalized spacial score (nSPS) is 14.7. The number of pyridine rings is 1. The number of ether oxygens (including phenoxy) is 1. The summed E-state index contributed by atoms with van der Waals surface area (Å²) < 4.78 is 5.29. The molecule has 5 nitrogen and oxygen atoms in total. The molecule has 0 radical (unpaired) electrons. The lowest BCUT2D eigenvalue weighted by molar-refractivity contribution is -0.123. The molecule has 2 heterocycles. The summed E-state index contributed by atoms with van der Waals surface area (Å²) >= 11 is 1.48. The second kappa shape index (κ2) is 6.91. The van der Waals surface area contributed by atoms with Crippen LogP contribution in [-0.2, 0) is 22.4 Å². The third kappa shape index (κ3) is 3.76. The zero-order chi connectivity index (χ0) is 16.2. The largest absolute Gasteiger partial charge is 0.448 e. The first-order valence-electron chi connectivity index (χ1n) is 7.67. The number of nitrogens with one attached hydrogen (secondary N) is 1. The van der Waals surface area contributed by atoms with Crippen molar-refractivity contribution >= 4 is 28.9 Å². The van der Waals surface area contributed by atoms with Crippen LogP contribution < -0.4 is 5.32 Å². The Labute approximate surface area is 138 Å². The van der Waals surface area contributed by atoms with E-state index < -0.39 is 12.1 Å². The summed E-state index contributed by atoms with van der Waals surface area (Å²) in [6.45, 7) is 1.57. The van der Waals surface area contributed by atoms with Crippen LogP contribution in [0.5, 0.6) is 0 Å². The van der Waals surface area contributed by atoms with Crippen LogP contribution in [0.1, 0.15) is 39.9 Å². The Balaban J connectivity index is 1.60. The summed E-state index contributed by atoms with van der Waals surface area (Å²) in [4.78, 5) is 30.1. The van der Waals surface area contributed by atoms with E-state index in [2.05, 4.69) is 10.3 Å². The highest BCUT2D eigenvalue weighted by Gasteiger charge is 2.22. The molecular formula is C17H18N2O3S. The van der Waals surface area contributed by atoms with Crippen molar-refractivity contribution in [1.29, 1.82) is 0 Å². The average molecular weight is 330 g/mol. The van der Waals surface area contributed by atoms with Crippen LogP contribution >= 0.6 is 11.3 Å². The van der Waals surface area contributed by atoms with E-state index in [1.165, 1.54) is 34.6 Å². The van der Waals surface area contributed by atoms with Crippen LogP contribution in [-0.4, -0.2) is 23.0 Å². The third-order valence-electron chi connectivity index (χ3n) is 3.78. The zero-order valence-corrected chi connectivity index (χ0v) is 13.7. The average Bonchev–Trinajstić information content (AvgIpc) is 3.00. The first-order chi connectivity index (χ1) is 11.1. The van der Waals surface area contributed by atoms with Crippen molar-refractivity contribution in [2.75, 3.05) is 5.32 Å². The number of aromatic nitrogens is 1. The maximum Gasteiger partial charge on any atom is 0.349 e. The number of anilines is 1. The summed E-state index contributed by atoms with van der Waals surface area (Å²) in [7, 11) is 0. The number of nitrogens with zero attached hydrogens (tertiary/aromatic N) is 1. The molecular weight excluding hydrogens is 312 g/mol. The Morgan fingerprint density at radius 1 is 1.35 bits per heavy atom. The quantitative estimate of drug-likeness (QED) is 0.874. The van der Waals surface area contributed by atoms with Crippen molar-refractivity contribution in [2.24, 2.45) is 0 Å². The molecule has 6 heteroatoms. The number of aryl methyl sites for hydroxylation is 2. The van der Waals surface area contributed by atoms with E-state index in [1.807, 2.05) is 6.07 Å². The number of hydrogen-bond acceptors (Lipinski definition) is 5. The Kier molecular flexibility index (Phi) is 4.71. The van der Waals surface area contributed by atoms with Gasteiger partial charge >= 0.3 is 5.97 Å². The summed E-state index contributed by atoms with van der Waals surface area (Å²) in [5, 5.41) is 2.67. The highest BCUT2D eigenvalue weighted by atomic mass is 32.1. The van der Waals surface area contributed by atoms with E-state index in [4.69, 9.17) is 4.74 Å². The number of amides is 1. The van der Waals surface area contributed by atoms with Gasteiger partial charge in [0.05, 0.1) is 11.9 Å². The van der Waals surface area contributed by atoms with Crippen molar-refractivity contribution in [2.45, 2.75) is 38.7 Å². The molecule has 0 aromatic carbocycles. The van der Waals surface area contributed by atoms with Gasteiger partial charge in [0.1, 0.15) is 4.88 Å². The van der Waals surface area contributed by atoms with E-state index in [9.17, 15) is 9.59 Å². The molecule has 1 amide bonds. The molecule has 1 N–H and O–H groups in total. The number of carbonyl (C=O) groups is 2. The van der Waals surface area contributed by atoms with Gasteiger partial charge in [0.2, 0.25) is 0 Å². The highest BCUT2D eigenvalue weighted by molar-refractivity contribution is 7.14. The molecule has 2 aromatic heterocycles. The number of hydrogen-bond donors (Lipinski definition) is 1. The van der Waals surface area contributed by atoms with Crippen LogP contribution in [0.4, 0.5) is 5.69 Å². The van der Waals surface area contributed by atoms with Gasteiger partial charge in [-0.05, 0) is 56.4 Å². The van der Waals surface area contributed by atoms with Crippen molar-refractivity contribution in [3.05, 3.63) is 45.9 Å². The van der Waals surface area contributed by atoms with Gasteiger partial charge in [-0.3, -0.25) is 9.78 Å². The second-order valence-electron chi connectivity index (χ2n) is 5.54. The van der Waals surface area contributed by atoms with Gasteiger partial charge in [0.15, 0.2) is 6.10 Å². The van der Waals surface area contributed by atoms with Crippen molar-refractivity contribution in [3.8, 4) is 0 Å². The van der Waals surface area contributed by atoms with Gasteiger partial charge in [-0.15, -0.1) is 11.3 Å². The van der Waals surface area contributed by atoms with Gasteiger partial charge in [-0.25, -0.2) is 4.79 Å². The first kappa shape index (κ1) is 15.7. The smallest absolute Gasteiger partial charge is 0.349 e. The Morgan fingerprint density at radius 2 is 2.17 bits per heavy atom. The lowest BCUT2D eigenvalue weighted by Crippen LogP contribution is -2.29. The standard InChI is InChI=1S/C17H18N2O3S/c1-11(16(20)19-13-6-4-8-18-10-13)22-17(21)15-9-12-5-2-3-7-14(12)23-15/h4,6,8-11H,2-3,5,7H2,1H3,(H,19,20). The first-order valence-corrected chi connectivity index (χ1v) is 8.48.